The summed E-state index contributed by atoms with van der Waals surface area (Å²) in [6, 6.07) is 7.19. The fourth-order valence-corrected chi connectivity index (χ4v) is 2.75. The Balaban J connectivity index is 2.40. The van der Waals surface area contributed by atoms with Gasteiger partial charge in [-0.15, -0.1) is 0 Å². The van der Waals surface area contributed by atoms with E-state index in [1.54, 1.807) is 12.1 Å². The fraction of sp³-hybridized carbons (Fsp3) is 0.0667. The van der Waals surface area contributed by atoms with Gasteiger partial charge in [-0.2, -0.15) is 0 Å². The Kier molecular flexibility index (Phi) is 3.67. The Bertz CT molecular complexity index is 947. The summed E-state index contributed by atoms with van der Waals surface area (Å²) >= 11 is 6.14. The topological polar surface area (TPSA) is 47.3 Å². The molecule has 3 nitrogen and oxygen atoms in total. The molecule has 21 heavy (non-hydrogen) atoms. The summed E-state index contributed by atoms with van der Waals surface area (Å²) in [5, 5.41) is 0.571. The van der Waals surface area contributed by atoms with Crippen LogP contribution in [0.5, 0.6) is 0 Å². The van der Waals surface area contributed by atoms with Crippen molar-refractivity contribution in [3.05, 3.63) is 56.4 Å². The highest BCUT2D eigenvalue weighted by atomic mass is 79.9. The van der Waals surface area contributed by atoms with Crippen LogP contribution in [0.1, 0.15) is 10.4 Å². The molecule has 0 spiro atoms. The van der Waals surface area contributed by atoms with Crippen molar-refractivity contribution in [2.24, 2.45) is 0 Å². The van der Waals surface area contributed by atoms with Gasteiger partial charge in [-0.3, -0.25) is 9.59 Å². The Labute approximate surface area is 135 Å². The molecule has 0 radical (unpaired) electrons. The van der Waals surface area contributed by atoms with E-state index in [0.29, 0.717) is 16.7 Å². The molecule has 0 amide bonds. The quantitative estimate of drug-likeness (QED) is 0.355. The summed E-state index contributed by atoms with van der Waals surface area (Å²) < 4.78 is 19.4. The number of Topliss-reactive ketones (excluding diaryl/α,β-unsaturated/α-hetero) is 1. The van der Waals surface area contributed by atoms with Crippen LogP contribution in [-0.2, 0) is 0 Å². The molecule has 0 bridgehead atoms. The van der Waals surface area contributed by atoms with E-state index in [1.165, 1.54) is 12.1 Å². The standard InChI is InChI=1S/C15H7Br2FO3/c16-6-12(19)7-1-2-13-8(3-7)15(20)9-4-11(18)10(17)5-14(9)21-13/h1-5H,6H2. The van der Waals surface area contributed by atoms with E-state index >= 15 is 0 Å². The number of ketones is 1. The lowest BCUT2D eigenvalue weighted by atomic mass is 10.1. The summed E-state index contributed by atoms with van der Waals surface area (Å²) in [7, 11) is 0. The summed E-state index contributed by atoms with van der Waals surface area (Å²) in [5.74, 6) is -0.680. The first kappa shape index (κ1) is 14.4. The number of benzene rings is 2. The predicted octanol–water partition coefficient (Wildman–Crippen LogP) is 4.43. The molecular formula is C15H7Br2FO3. The molecule has 3 aromatic rings. The van der Waals surface area contributed by atoms with Crippen molar-refractivity contribution in [1.82, 2.24) is 0 Å². The molecule has 0 aliphatic carbocycles. The van der Waals surface area contributed by atoms with Gasteiger partial charge in [0.1, 0.15) is 17.0 Å². The highest BCUT2D eigenvalue weighted by molar-refractivity contribution is 9.10. The van der Waals surface area contributed by atoms with E-state index in [2.05, 4.69) is 31.9 Å². The lowest BCUT2D eigenvalue weighted by Gasteiger charge is -2.04. The number of rotatable bonds is 2. The van der Waals surface area contributed by atoms with Gasteiger partial charge in [-0.25, -0.2) is 4.39 Å². The van der Waals surface area contributed by atoms with Crippen molar-refractivity contribution >= 4 is 59.6 Å². The minimum atomic E-state index is -0.540. The maximum atomic E-state index is 13.6. The SMILES string of the molecule is O=C(CBr)c1ccc2oc3cc(Br)c(F)cc3c(=O)c2c1. The molecule has 0 saturated heterocycles. The average molecular weight is 414 g/mol. The van der Waals surface area contributed by atoms with E-state index in [0.717, 1.165) is 6.07 Å². The number of fused-ring (bicyclic) bond motifs is 2. The van der Waals surface area contributed by atoms with Gasteiger partial charge in [-0.1, -0.05) is 15.9 Å². The normalized spacial score (nSPS) is 11.2. The molecular weight excluding hydrogens is 407 g/mol. The summed E-state index contributed by atoms with van der Waals surface area (Å²) in [4.78, 5) is 24.1. The molecule has 0 aliphatic heterocycles. The van der Waals surface area contributed by atoms with Crippen LogP contribution in [0.2, 0.25) is 0 Å². The minimum Gasteiger partial charge on any atom is -0.456 e. The predicted molar refractivity (Wildman–Crippen MR) is 85.8 cm³/mol. The van der Waals surface area contributed by atoms with Gasteiger partial charge < -0.3 is 4.42 Å². The Morgan fingerprint density at radius 1 is 1.14 bits per heavy atom. The lowest BCUT2D eigenvalue weighted by Crippen LogP contribution is -2.06. The summed E-state index contributed by atoms with van der Waals surface area (Å²) in [5.41, 5.74) is 0.697. The third-order valence-corrected chi connectivity index (χ3v) is 4.27. The second-order valence-electron chi connectivity index (χ2n) is 4.46. The first-order chi connectivity index (χ1) is 10.0. The van der Waals surface area contributed by atoms with Crippen molar-refractivity contribution < 1.29 is 13.6 Å². The van der Waals surface area contributed by atoms with E-state index in [9.17, 15) is 14.0 Å². The van der Waals surface area contributed by atoms with Gasteiger partial charge in [0, 0.05) is 5.56 Å². The van der Waals surface area contributed by atoms with Crippen molar-refractivity contribution in [2.45, 2.75) is 0 Å². The monoisotopic (exact) mass is 412 g/mol. The second kappa shape index (κ2) is 5.35. The molecule has 2 aromatic carbocycles. The molecule has 0 saturated carbocycles. The van der Waals surface area contributed by atoms with Crippen LogP contribution in [0, 0.1) is 5.82 Å². The zero-order valence-electron chi connectivity index (χ0n) is 10.5. The molecule has 0 unspecified atom stereocenters. The highest BCUT2D eigenvalue weighted by Gasteiger charge is 2.13. The number of hydrogen-bond acceptors (Lipinski definition) is 3. The third-order valence-electron chi connectivity index (χ3n) is 3.15. The Morgan fingerprint density at radius 2 is 1.86 bits per heavy atom. The van der Waals surface area contributed by atoms with E-state index in [4.69, 9.17) is 4.42 Å². The molecule has 6 heteroatoms. The molecule has 3 rings (SSSR count). The maximum absolute atomic E-state index is 13.6. The second-order valence-corrected chi connectivity index (χ2v) is 5.88. The van der Waals surface area contributed by atoms with Crippen molar-refractivity contribution in [2.75, 3.05) is 5.33 Å². The molecule has 0 atom stereocenters. The molecule has 0 aliphatic rings. The smallest absolute Gasteiger partial charge is 0.200 e. The van der Waals surface area contributed by atoms with Crippen molar-refractivity contribution in [3.63, 3.8) is 0 Å². The van der Waals surface area contributed by atoms with Gasteiger partial charge >= 0.3 is 0 Å². The largest absolute Gasteiger partial charge is 0.456 e. The van der Waals surface area contributed by atoms with Gasteiger partial charge in [0.15, 0.2) is 5.78 Å². The van der Waals surface area contributed by atoms with Crippen LogP contribution in [0.15, 0.2) is 44.0 Å². The first-order valence-electron chi connectivity index (χ1n) is 5.96. The number of halogens is 3. The summed E-state index contributed by atoms with van der Waals surface area (Å²) in [6.07, 6.45) is 0. The highest BCUT2D eigenvalue weighted by Crippen LogP contribution is 2.25. The van der Waals surface area contributed by atoms with Gasteiger partial charge in [-0.05, 0) is 46.3 Å². The number of hydrogen-bond donors (Lipinski definition) is 0. The van der Waals surface area contributed by atoms with Gasteiger partial charge in [0.25, 0.3) is 0 Å². The van der Waals surface area contributed by atoms with Crippen molar-refractivity contribution in [1.29, 1.82) is 0 Å². The van der Waals surface area contributed by atoms with E-state index < -0.39 is 5.82 Å². The molecule has 106 valence electrons. The summed E-state index contributed by atoms with van der Waals surface area (Å²) in [6.45, 7) is 0. The minimum absolute atomic E-state index is 0.140. The first-order valence-corrected chi connectivity index (χ1v) is 7.87. The van der Waals surface area contributed by atoms with E-state index in [-0.39, 0.29) is 31.8 Å². The lowest BCUT2D eigenvalue weighted by molar-refractivity contribution is 0.102. The van der Waals surface area contributed by atoms with Crippen LogP contribution >= 0.6 is 31.9 Å². The van der Waals surface area contributed by atoms with Crippen LogP contribution in [0.4, 0.5) is 4.39 Å². The number of carbonyl (C=O) groups excluding carboxylic acids is 1. The van der Waals surface area contributed by atoms with Crippen LogP contribution in [0.25, 0.3) is 21.9 Å². The third kappa shape index (κ3) is 2.42. The fourth-order valence-electron chi connectivity index (χ4n) is 2.10. The molecule has 0 fully saturated rings. The van der Waals surface area contributed by atoms with Crippen LogP contribution < -0.4 is 5.43 Å². The Morgan fingerprint density at radius 3 is 2.57 bits per heavy atom. The molecule has 0 N–H and O–H groups in total. The molecule has 1 heterocycles. The zero-order chi connectivity index (χ0) is 15.1. The van der Waals surface area contributed by atoms with Gasteiger partial charge in [0.2, 0.25) is 5.43 Å². The van der Waals surface area contributed by atoms with Crippen LogP contribution in [-0.4, -0.2) is 11.1 Å². The number of carbonyl (C=O) groups is 1. The van der Waals surface area contributed by atoms with Gasteiger partial charge in [0.05, 0.1) is 20.6 Å². The number of alkyl halides is 1. The molecule has 1 aromatic heterocycles. The Hall–Kier alpha value is -1.53. The van der Waals surface area contributed by atoms with Crippen molar-refractivity contribution in [3.8, 4) is 0 Å². The average Bonchev–Trinajstić information content (AvgIpc) is 2.48. The van der Waals surface area contributed by atoms with E-state index in [1.807, 2.05) is 0 Å². The van der Waals surface area contributed by atoms with Crippen LogP contribution in [0.3, 0.4) is 0 Å². The zero-order valence-corrected chi connectivity index (χ0v) is 13.6. The maximum Gasteiger partial charge on any atom is 0.200 e.